The van der Waals surface area contributed by atoms with Gasteiger partial charge in [-0.1, -0.05) is 63.4 Å². The fraction of sp³-hybridized carbons (Fsp3) is 0.333. The molecule has 8 heteroatoms. The van der Waals surface area contributed by atoms with Crippen molar-refractivity contribution in [1.82, 2.24) is 10.3 Å². The minimum Gasteiger partial charge on any atom is -0.493 e. The van der Waals surface area contributed by atoms with Crippen molar-refractivity contribution in [3.05, 3.63) is 93.9 Å². The van der Waals surface area contributed by atoms with Crippen LogP contribution in [0, 0.1) is 0 Å². The zero-order valence-electron chi connectivity index (χ0n) is 25.9. The summed E-state index contributed by atoms with van der Waals surface area (Å²) in [5.74, 6) is 1.50. The summed E-state index contributed by atoms with van der Waals surface area (Å²) in [7, 11) is 4.17. The fourth-order valence-corrected chi connectivity index (χ4v) is 6.49. The van der Waals surface area contributed by atoms with E-state index >= 15 is 0 Å². The number of hydrogen-bond donors (Lipinski definition) is 1. The first-order valence-corrected chi connectivity index (χ1v) is 16.7. The summed E-state index contributed by atoms with van der Waals surface area (Å²) in [4.78, 5) is 17.2. The van der Waals surface area contributed by atoms with Gasteiger partial charge in [0.05, 0.1) is 27.2 Å². The van der Waals surface area contributed by atoms with Crippen LogP contribution in [0.4, 0.5) is 0 Å². The number of ether oxygens (including phenoxy) is 1. The standard InChI is InChI=1S/C36H41Br2N3O3/c1-6-9-15-39-34(42)24-41(4,5)16-10-17-43-33-14-13-26(20-27(33)12-8-3)31-18-25(11-7-2)19-32-35(31)44-36(40-32)28-21-29(37)23-30(38)22-28/h7-8,13-14,18-23H,2-3,6,9-12,15-17,24H2,1,4-5H3/p+1. The third-order valence-electron chi connectivity index (χ3n) is 7.36. The Hall–Kier alpha value is -3.20. The lowest BCUT2D eigenvalue weighted by atomic mass is 9.97. The highest BCUT2D eigenvalue weighted by molar-refractivity contribution is 9.11. The fourth-order valence-electron chi connectivity index (χ4n) is 5.20. The van der Waals surface area contributed by atoms with Gasteiger partial charge in [-0.05, 0) is 78.4 Å². The van der Waals surface area contributed by atoms with Gasteiger partial charge < -0.3 is 19.0 Å². The Balaban J connectivity index is 1.55. The molecule has 0 saturated carbocycles. The van der Waals surface area contributed by atoms with Gasteiger partial charge in [0.15, 0.2) is 12.1 Å². The number of unbranched alkanes of at least 4 members (excludes halogenated alkanes) is 1. The van der Waals surface area contributed by atoms with Crippen LogP contribution >= 0.6 is 31.9 Å². The van der Waals surface area contributed by atoms with Gasteiger partial charge in [0.2, 0.25) is 5.89 Å². The van der Waals surface area contributed by atoms with E-state index in [1.807, 2.05) is 36.4 Å². The molecule has 0 aliphatic carbocycles. The van der Waals surface area contributed by atoms with Crippen LogP contribution < -0.4 is 10.1 Å². The molecule has 3 aromatic carbocycles. The van der Waals surface area contributed by atoms with Gasteiger partial charge in [-0.25, -0.2) is 4.98 Å². The minimum atomic E-state index is 0.0999. The van der Waals surface area contributed by atoms with Crippen LogP contribution in [-0.2, 0) is 17.6 Å². The van der Waals surface area contributed by atoms with Gasteiger partial charge in [0.25, 0.3) is 5.91 Å². The topological polar surface area (TPSA) is 64.4 Å². The molecule has 0 unspecified atom stereocenters. The normalized spacial score (nSPS) is 11.5. The van der Waals surface area contributed by atoms with E-state index in [4.69, 9.17) is 14.1 Å². The molecule has 1 aromatic heterocycles. The zero-order valence-corrected chi connectivity index (χ0v) is 29.1. The molecule has 0 aliphatic heterocycles. The largest absolute Gasteiger partial charge is 0.493 e. The van der Waals surface area contributed by atoms with Gasteiger partial charge in [-0.3, -0.25) is 4.79 Å². The molecule has 0 bridgehead atoms. The monoisotopic (exact) mass is 722 g/mol. The van der Waals surface area contributed by atoms with Crippen molar-refractivity contribution >= 4 is 48.9 Å². The summed E-state index contributed by atoms with van der Waals surface area (Å²) in [5.41, 5.74) is 6.59. The number of amides is 1. The van der Waals surface area contributed by atoms with Crippen molar-refractivity contribution in [1.29, 1.82) is 0 Å². The van der Waals surface area contributed by atoms with E-state index < -0.39 is 0 Å². The third kappa shape index (κ3) is 9.16. The molecule has 6 nitrogen and oxygen atoms in total. The number of nitrogens with zero attached hydrogens (tertiary/aromatic N) is 2. The Bertz CT molecular complexity index is 1610. The van der Waals surface area contributed by atoms with Crippen molar-refractivity contribution in [2.75, 3.05) is 40.3 Å². The number of fused-ring (bicyclic) bond motifs is 1. The van der Waals surface area contributed by atoms with Gasteiger partial charge in [-0.15, -0.1) is 13.2 Å². The summed E-state index contributed by atoms with van der Waals surface area (Å²) in [6, 6.07) is 16.5. The van der Waals surface area contributed by atoms with Gasteiger partial charge in [0, 0.05) is 33.0 Å². The highest BCUT2D eigenvalue weighted by Gasteiger charge is 2.20. The van der Waals surface area contributed by atoms with Gasteiger partial charge in [0.1, 0.15) is 11.3 Å². The Morgan fingerprint density at radius 3 is 2.45 bits per heavy atom. The van der Waals surface area contributed by atoms with E-state index in [9.17, 15) is 4.79 Å². The molecule has 0 spiro atoms. The second-order valence-corrected chi connectivity index (χ2v) is 13.5. The number of allylic oxidation sites excluding steroid dienone is 2. The third-order valence-corrected chi connectivity index (χ3v) is 8.28. The summed E-state index contributed by atoms with van der Waals surface area (Å²) in [6.07, 6.45) is 8.10. The molecular weight excluding hydrogens is 682 g/mol. The zero-order chi connectivity index (χ0) is 31.7. The second-order valence-electron chi connectivity index (χ2n) is 11.7. The lowest BCUT2D eigenvalue weighted by Gasteiger charge is -2.29. The van der Waals surface area contributed by atoms with Crippen molar-refractivity contribution in [2.24, 2.45) is 0 Å². The van der Waals surface area contributed by atoms with Crippen molar-refractivity contribution in [3.63, 3.8) is 0 Å². The number of aromatic nitrogens is 1. The summed E-state index contributed by atoms with van der Waals surface area (Å²) in [5, 5.41) is 3.02. The number of oxazole rings is 1. The van der Waals surface area contributed by atoms with Crippen molar-refractivity contribution in [2.45, 2.75) is 39.0 Å². The summed E-state index contributed by atoms with van der Waals surface area (Å²) < 4.78 is 15.2. The maximum Gasteiger partial charge on any atom is 0.275 e. The number of halogens is 2. The molecule has 0 fully saturated rings. The molecule has 0 saturated heterocycles. The molecule has 0 atom stereocenters. The van der Waals surface area contributed by atoms with Crippen LogP contribution in [0.2, 0.25) is 0 Å². The molecule has 0 aliphatic rings. The minimum absolute atomic E-state index is 0.0999. The average molecular weight is 725 g/mol. The summed E-state index contributed by atoms with van der Waals surface area (Å²) in [6.45, 7) is 12.6. The Kier molecular flexibility index (Phi) is 12.0. The van der Waals surface area contributed by atoms with E-state index in [-0.39, 0.29) is 5.91 Å². The average Bonchev–Trinajstić information content (AvgIpc) is 3.40. The number of nitrogens with one attached hydrogen (secondary N) is 1. The number of benzene rings is 3. The van der Waals surface area contributed by atoms with E-state index in [0.29, 0.717) is 29.9 Å². The SMILES string of the molecule is C=CCc1cc(-c2ccc(OCCC[N+](C)(C)CC(=O)NCCCC)c(CC=C)c2)c2oc(-c3cc(Br)cc(Br)c3)nc2c1. The van der Waals surface area contributed by atoms with Crippen LogP contribution in [0.5, 0.6) is 5.75 Å². The molecule has 1 N–H and O–H groups in total. The maximum atomic E-state index is 12.3. The van der Waals surface area contributed by atoms with Crippen LogP contribution in [0.15, 0.2) is 87.2 Å². The molecule has 1 heterocycles. The highest BCUT2D eigenvalue weighted by atomic mass is 79.9. The molecule has 1 amide bonds. The van der Waals surface area contributed by atoms with E-state index in [1.54, 1.807) is 0 Å². The van der Waals surface area contributed by atoms with Crippen molar-refractivity contribution < 1.29 is 18.4 Å². The molecule has 4 aromatic rings. The van der Waals surface area contributed by atoms with Crippen LogP contribution in [0.25, 0.3) is 33.7 Å². The van der Waals surface area contributed by atoms with Gasteiger partial charge >= 0.3 is 0 Å². The Morgan fingerprint density at radius 2 is 1.75 bits per heavy atom. The van der Waals surface area contributed by atoms with Crippen molar-refractivity contribution in [3.8, 4) is 28.3 Å². The maximum absolute atomic E-state index is 12.3. The predicted molar refractivity (Wildman–Crippen MR) is 188 cm³/mol. The number of rotatable bonds is 16. The second kappa shape index (κ2) is 15.7. The van der Waals surface area contributed by atoms with Crippen LogP contribution in [0.3, 0.4) is 0 Å². The molecular formula is C36H42Br2N3O3+. The Labute approximate surface area is 278 Å². The molecule has 232 valence electrons. The lowest BCUT2D eigenvalue weighted by molar-refractivity contribution is -0.882. The van der Waals surface area contributed by atoms with Crippen LogP contribution in [0.1, 0.15) is 37.3 Å². The number of quaternary nitrogens is 1. The molecule has 44 heavy (non-hydrogen) atoms. The smallest absolute Gasteiger partial charge is 0.275 e. The van der Waals surface area contributed by atoms with E-state index in [0.717, 1.165) is 92.4 Å². The van der Waals surface area contributed by atoms with E-state index in [2.05, 4.69) is 95.6 Å². The highest BCUT2D eigenvalue weighted by Crippen LogP contribution is 2.37. The summed E-state index contributed by atoms with van der Waals surface area (Å²) >= 11 is 7.14. The number of carbonyl (C=O) groups excluding carboxylic acids is 1. The quantitative estimate of drug-likeness (QED) is 0.0713. The number of likely N-dealkylation sites (N-methyl/N-ethyl adjacent to an activating group) is 1. The first-order chi connectivity index (χ1) is 21.1. The molecule has 4 rings (SSSR count). The number of carbonyl (C=O) groups is 1. The number of hydrogen-bond acceptors (Lipinski definition) is 4. The van der Waals surface area contributed by atoms with Crippen LogP contribution in [-0.4, -0.2) is 55.7 Å². The predicted octanol–water partition coefficient (Wildman–Crippen LogP) is 8.91. The lowest BCUT2D eigenvalue weighted by Crippen LogP contribution is -2.48. The van der Waals surface area contributed by atoms with Gasteiger partial charge in [-0.2, -0.15) is 0 Å². The molecule has 0 radical (unpaired) electrons. The first kappa shape index (κ1) is 33.7. The Morgan fingerprint density at radius 1 is 1.00 bits per heavy atom. The first-order valence-electron chi connectivity index (χ1n) is 15.1. The van der Waals surface area contributed by atoms with E-state index in [1.165, 1.54) is 0 Å².